The SMILES string of the molecule is Cc1cncc(C2CCOOP(OCC3CC(C)C(n4cnc5c(N)ncnc54)O3)O2)c1. The standard InChI is InChI=1S/C20H25N6O5P/c1-12-5-14(8-22-7-12)16-3-4-27-31-32(30-16)28-9-15-6-13(2)20(29-15)26-11-25-17-18(21)23-10-24-19(17)26/h5,7-8,10-11,13,15-16,20H,3-4,6,9H2,1-2H3,(H2,21,23,24). The molecule has 5 unspecified atom stereocenters. The molecule has 0 bridgehead atoms. The molecule has 170 valence electrons. The quantitative estimate of drug-likeness (QED) is 0.447. The highest BCUT2D eigenvalue weighted by Gasteiger charge is 2.36. The fourth-order valence-electron chi connectivity index (χ4n) is 4.01. The number of nitrogens with zero attached hydrogens (tertiary/aromatic N) is 5. The van der Waals surface area contributed by atoms with E-state index < -0.39 is 8.60 Å². The van der Waals surface area contributed by atoms with Crippen LogP contribution in [0.2, 0.25) is 0 Å². The molecule has 0 amide bonds. The predicted octanol–water partition coefficient (Wildman–Crippen LogP) is 3.39. The molecule has 0 radical (unpaired) electrons. The minimum Gasteiger partial charge on any atom is -0.382 e. The van der Waals surface area contributed by atoms with Crippen molar-refractivity contribution in [3.63, 3.8) is 0 Å². The summed E-state index contributed by atoms with van der Waals surface area (Å²) in [6.45, 7) is 4.85. The third kappa shape index (κ3) is 4.45. The third-order valence-corrected chi connectivity index (χ3v) is 6.55. The molecule has 2 aliphatic rings. The van der Waals surface area contributed by atoms with Gasteiger partial charge in [-0.3, -0.25) is 9.55 Å². The maximum atomic E-state index is 6.26. The van der Waals surface area contributed by atoms with Gasteiger partial charge in [0.05, 0.1) is 31.7 Å². The lowest BCUT2D eigenvalue weighted by Gasteiger charge is -2.20. The molecule has 5 atom stereocenters. The van der Waals surface area contributed by atoms with Crippen LogP contribution in [0.3, 0.4) is 0 Å². The molecule has 2 N–H and O–H groups in total. The number of imidazole rings is 1. The lowest BCUT2D eigenvalue weighted by Crippen LogP contribution is -2.16. The van der Waals surface area contributed by atoms with Crippen LogP contribution >= 0.6 is 8.60 Å². The average Bonchev–Trinajstić information content (AvgIpc) is 3.28. The molecule has 11 nitrogen and oxygen atoms in total. The van der Waals surface area contributed by atoms with Gasteiger partial charge in [0, 0.05) is 24.7 Å². The van der Waals surface area contributed by atoms with E-state index in [0.29, 0.717) is 36.6 Å². The summed E-state index contributed by atoms with van der Waals surface area (Å²) in [6, 6.07) is 2.05. The van der Waals surface area contributed by atoms with Crippen LogP contribution in [-0.4, -0.2) is 43.8 Å². The molecule has 0 saturated carbocycles. The topological polar surface area (TPSA) is 129 Å². The predicted molar refractivity (Wildman–Crippen MR) is 115 cm³/mol. The third-order valence-electron chi connectivity index (χ3n) is 5.54. The molecule has 3 aromatic rings. The van der Waals surface area contributed by atoms with Gasteiger partial charge in [-0.2, -0.15) is 4.67 Å². The Morgan fingerprint density at radius 1 is 1.28 bits per heavy atom. The van der Waals surface area contributed by atoms with E-state index in [2.05, 4.69) is 32.9 Å². The van der Waals surface area contributed by atoms with E-state index in [-0.39, 0.29) is 24.4 Å². The number of hydrogen-bond donors (Lipinski definition) is 1. The van der Waals surface area contributed by atoms with E-state index in [1.165, 1.54) is 6.33 Å². The number of hydrogen-bond acceptors (Lipinski definition) is 10. The van der Waals surface area contributed by atoms with Crippen molar-refractivity contribution in [2.24, 2.45) is 5.92 Å². The van der Waals surface area contributed by atoms with Crippen molar-refractivity contribution in [2.45, 2.75) is 45.1 Å². The van der Waals surface area contributed by atoms with E-state index in [9.17, 15) is 0 Å². The first-order valence-corrected chi connectivity index (χ1v) is 11.6. The van der Waals surface area contributed by atoms with Gasteiger partial charge in [0.15, 0.2) is 11.5 Å². The van der Waals surface area contributed by atoms with E-state index in [0.717, 1.165) is 17.5 Å². The van der Waals surface area contributed by atoms with Gasteiger partial charge in [-0.1, -0.05) is 13.0 Å². The highest BCUT2D eigenvalue weighted by Crippen LogP contribution is 2.48. The summed E-state index contributed by atoms with van der Waals surface area (Å²) in [4.78, 5) is 22.1. The van der Waals surface area contributed by atoms with E-state index in [1.54, 1.807) is 12.5 Å². The van der Waals surface area contributed by atoms with Crippen LogP contribution in [0.4, 0.5) is 5.82 Å². The van der Waals surface area contributed by atoms with Crippen LogP contribution in [0, 0.1) is 12.8 Å². The van der Waals surface area contributed by atoms with Crippen LogP contribution in [0.15, 0.2) is 31.1 Å². The normalized spacial score (nSPS) is 28.8. The minimum absolute atomic E-state index is 0.135. The maximum Gasteiger partial charge on any atom is 0.363 e. The van der Waals surface area contributed by atoms with Crippen LogP contribution in [0.1, 0.15) is 43.2 Å². The van der Waals surface area contributed by atoms with E-state index >= 15 is 0 Å². The van der Waals surface area contributed by atoms with Crippen molar-refractivity contribution in [1.29, 1.82) is 0 Å². The van der Waals surface area contributed by atoms with Crippen LogP contribution in [0.25, 0.3) is 11.2 Å². The maximum absolute atomic E-state index is 6.26. The van der Waals surface area contributed by atoms with Crippen molar-refractivity contribution in [3.05, 3.63) is 42.2 Å². The number of fused-ring (bicyclic) bond motifs is 1. The zero-order chi connectivity index (χ0) is 22.1. The second-order valence-corrected chi connectivity index (χ2v) is 9.10. The number of nitrogens with two attached hydrogens (primary N) is 1. The average molecular weight is 460 g/mol. The van der Waals surface area contributed by atoms with Gasteiger partial charge in [-0.15, -0.1) is 0 Å². The van der Waals surface area contributed by atoms with Crippen molar-refractivity contribution in [2.75, 3.05) is 18.9 Å². The van der Waals surface area contributed by atoms with Crippen molar-refractivity contribution < 1.29 is 23.3 Å². The lowest BCUT2D eigenvalue weighted by atomic mass is 10.1. The molecule has 32 heavy (non-hydrogen) atoms. The van der Waals surface area contributed by atoms with Gasteiger partial charge < -0.3 is 19.5 Å². The summed E-state index contributed by atoms with van der Waals surface area (Å²) in [6.07, 6.45) is 7.63. The second-order valence-electron chi connectivity index (χ2n) is 8.04. The summed E-state index contributed by atoms with van der Waals surface area (Å²) in [5, 5.41) is 0. The minimum atomic E-state index is -1.68. The van der Waals surface area contributed by atoms with Crippen molar-refractivity contribution >= 4 is 25.6 Å². The molecule has 3 aromatic heterocycles. The number of pyridine rings is 1. The fourth-order valence-corrected chi connectivity index (χ4v) is 5.03. The smallest absolute Gasteiger partial charge is 0.363 e. The van der Waals surface area contributed by atoms with Crippen molar-refractivity contribution in [3.8, 4) is 0 Å². The summed E-state index contributed by atoms with van der Waals surface area (Å²) < 4.78 is 25.5. The number of ether oxygens (including phenoxy) is 1. The first-order chi connectivity index (χ1) is 15.6. The zero-order valence-electron chi connectivity index (χ0n) is 17.8. The van der Waals surface area contributed by atoms with Gasteiger partial charge in [0.1, 0.15) is 18.1 Å². The molecule has 0 spiro atoms. The Bertz CT molecular complexity index is 1080. The fraction of sp³-hybridized carbons (Fsp3) is 0.500. The summed E-state index contributed by atoms with van der Waals surface area (Å²) in [5.74, 6) is 0.575. The molecule has 5 rings (SSSR count). The molecular weight excluding hydrogens is 435 g/mol. The van der Waals surface area contributed by atoms with Gasteiger partial charge >= 0.3 is 8.60 Å². The number of aryl methyl sites for hydroxylation is 1. The number of rotatable bonds is 5. The van der Waals surface area contributed by atoms with E-state index in [4.69, 9.17) is 29.1 Å². The van der Waals surface area contributed by atoms with Gasteiger partial charge in [0.25, 0.3) is 0 Å². The van der Waals surface area contributed by atoms with Crippen LogP contribution in [0.5, 0.6) is 0 Å². The van der Waals surface area contributed by atoms with Crippen LogP contribution < -0.4 is 5.73 Å². The molecule has 2 aliphatic heterocycles. The Morgan fingerprint density at radius 2 is 2.19 bits per heavy atom. The molecule has 2 saturated heterocycles. The van der Waals surface area contributed by atoms with Gasteiger partial charge in [-0.05, 0) is 24.5 Å². The largest absolute Gasteiger partial charge is 0.382 e. The Morgan fingerprint density at radius 3 is 3.06 bits per heavy atom. The van der Waals surface area contributed by atoms with Crippen LogP contribution in [-0.2, 0) is 23.3 Å². The summed E-state index contributed by atoms with van der Waals surface area (Å²) >= 11 is 0. The number of anilines is 1. The highest BCUT2D eigenvalue weighted by atomic mass is 31.2. The zero-order valence-corrected chi connectivity index (χ0v) is 18.7. The molecule has 12 heteroatoms. The summed E-state index contributed by atoms with van der Waals surface area (Å²) in [7, 11) is -1.68. The molecule has 0 aliphatic carbocycles. The monoisotopic (exact) mass is 460 g/mol. The van der Waals surface area contributed by atoms with Gasteiger partial charge in [0.2, 0.25) is 0 Å². The Hall–Kier alpha value is -2.27. The lowest BCUT2D eigenvalue weighted by molar-refractivity contribution is -0.208. The first kappa shape index (κ1) is 21.6. The van der Waals surface area contributed by atoms with Gasteiger partial charge in [-0.25, -0.2) is 19.8 Å². The molecule has 5 heterocycles. The number of aromatic nitrogens is 5. The molecular formula is C20H25N6O5P. The van der Waals surface area contributed by atoms with Crippen molar-refractivity contribution in [1.82, 2.24) is 24.5 Å². The first-order valence-electron chi connectivity index (χ1n) is 10.5. The molecule has 0 aromatic carbocycles. The Labute approximate surface area is 186 Å². The Balaban J connectivity index is 1.22. The molecule has 2 fully saturated rings. The highest BCUT2D eigenvalue weighted by molar-refractivity contribution is 7.41. The second kappa shape index (κ2) is 9.30. The number of nitrogen functional groups attached to an aromatic ring is 1. The van der Waals surface area contributed by atoms with E-state index in [1.807, 2.05) is 17.7 Å². The Kier molecular flexibility index (Phi) is 6.27. The summed E-state index contributed by atoms with van der Waals surface area (Å²) in [5.41, 5.74) is 9.18.